The Morgan fingerprint density at radius 1 is 1.17 bits per heavy atom. The zero-order chi connectivity index (χ0) is 13.0. The van der Waals surface area contributed by atoms with E-state index in [-0.39, 0.29) is 5.41 Å². The number of rotatable bonds is 5. The molecule has 1 heterocycles. The van der Waals surface area contributed by atoms with Crippen LogP contribution in [0.1, 0.15) is 10.4 Å². The van der Waals surface area contributed by atoms with E-state index in [1.807, 2.05) is 36.0 Å². The number of benzene rings is 1. The van der Waals surface area contributed by atoms with Crippen molar-refractivity contribution in [3.63, 3.8) is 0 Å². The monoisotopic (exact) mass is 319 g/mol. The van der Waals surface area contributed by atoms with Crippen LogP contribution in [0.3, 0.4) is 0 Å². The molecule has 0 saturated carbocycles. The summed E-state index contributed by atoms with van der Waals surface area (Å²) in [6, 6.07) is 7.74. The van der Waals surface area contributed by atoms with Gasteiger partial charge < -0.3 is 0 Å². The van der Waals surface area contributed by atoms with E-state index in [4.69, 9.17) is 34.8 Å². The summed E-state index contributed by atoms with van der Waals surface area (Å²) >= 11 is 20.3. The molecule has 1 aromatic heterocycles. The van der Waals surface area contributed by atoms with E-state index in [0.717, 1.165) is 16.9 Å². The molecular weight excluding hydrogens is 309 g/mol. The average Bonchev–Trinajstić information content (AvgIpc) is 2.90. The number of hydrogen-bond donors (Lipinski definition) is 0. The van der Waals surface area contributed by atoms with Crippen LogP contribution in [0.4, 0.5) is 0 Å². The molecule has 0 saturated heterocycles. The number of thiazole rings is 1. The first-order valence-corrected chi connectivity index (χ1v) is 7.79. The van der Waals surface area contributed by atoms with Gasteiger partial charge in [0.25, 0.3) is 0 Å². The molecule has 0 amide bonds. The summed E-state index contributed by atoms with van der Waals surface area (Å²) in [6.45, 7) is 0. The van der Waals surface area contributed by atoms with E-state index < -0.39 is 0 Å². The molecule has 0 unspecified atom stereocenters. The number of alkyl halides is 2. The molecule has 0 aliphatic carbocycles. The Bertz CT molecular complexity index is 495. The summed E-state index contributed by atoms with van der Waals surface area (Å²) in [6.07, 6.45) is 2.61. The van der Waals surface area contributed by atoms with Crippen molar-refractivity contribution in [3.8, 4) is 0 Å². The molecule has 18 heavy (non-hydrogen) atoms. The van der Waals surface area contributed by atoms with Crippen molar-refractivity contribution in [2.75, 3.05) is 11.8 Å². The van der Waals surface area contributed by atoms with Crippen molar-refractivity contribution in [1.82, 2.24) is 4.98 Å². The zero-order valence-corrected chi connectivity index (χ0v) is 12.7. The highest BCUT2D eigenvalue weighted by atomic mass is 35.5. The van der Waals surface area contributed by atoms with Crippen LogP contribution >= 0.6 is 46.1 Å². The number of halogens is 3. The maximum Gasteiger partial charge on any atom is 0.0794 e. The molecule has 96 valence electrons. The summed E-state index contributed by atoms with van der Waals surface area (Å²) < 4.78 is 0. The standard InChI is InChI=1S/C13H12Cl3NS/c14-7-13(8-15,5-10-6-17-9-18-10)11-3-1-2-4-12(11)16/h1-4,6,9H,5,7-8H2. The van der Waals surface area contributed by atoms with Crippen molar-refractivity contribution >= 4 is 46.1 Å². The quantitative estimate of drug-likeness (QED) is 0.724. The normalized spacial score (nSPS) is 11.7. The van der Waals surface area contributed by atoms with E-state index in [1.54, 1.807) is 11.3 Å². The molecular formula is C13H12Cl3NS. The zero-order valence-electron chi connectivity index (χ0n) is 9.57. The Morgan fingerprint density at radius 3 is 2.44 bits per heavy atom. The SMILES string of the molecule is ClCC(CCl)(Cc1cncs1)c1ccccc1Cl. The average molecular weight is 321 g/mol. The Kier molecular flexibility index (Phi) is 4.91. The van der Waals surface area contributed by atoms with Gasteiger partial charge in [-0.05, 0) is 18.1 Å². The molecule has 0 aliphatic rings. The van der Waals surface area contributed by atoms with Gasteiger partial charge in [0, 0.05) is 33.3 Å². The van der Waals surface area contributed by atoms with Crippen molar-refractivity contribution in [3.05, 3.63) is 51.4 Å². The van der Waals surface area contributed by atoms with E-state index >= 15 is 0 Å². The van der Waals surface area contributed by atoms with Crippen molar-refractivity contribution < 1.29 is 0 Å². The minimum Gasteiger partial charge on any atom is -0.253 e. The van der Waals surface area contributed by atoms with Crippen LogP contribution in [-0.2, 0) is 11.8 Å². The first-order valence-electron chi connectivity index (χ1n) is 5.46. The van der Waals surface area contributed by atoms with Gasteiger partial charge in [0.2, 0.25) is 0 Å². The van der Waals surface area contributed by atoms with Crippen LogP contribution in [0.5, 0.6) is 0 Å². The predicted molar refractivity (Wildman–Crippen MR) is 80.4 cm³/mol. The van der Waals surface area contributed by atoms with Crippen molar-refractivity contribution in [1.29, 1.82) is 0 Å². The fraction of sp³-hybridized carbons (Fsp3) is 0.308. The Balaban J connectivity index is 2.40. The molecule has 2 aromatic rings. The van der Waals surface area contributed by atoms with Crippen LogP contribution in [0.2, 0.25) is 5.02 Å². The second-order valence-corrected chi connectivity index (χ2v) is 6.08. The van der Waals surface area contributed by atoms with Crippen LogP contribution in [-0.4, -0.2) is 16.7 Å². The minimum atomic E-state index is -0.339. The van der Waals surface area contributed by atoms with Gasteiger partial charge in [-0.25, -0.2) is 0 Å². The molecule has 0 spiro atoms. The van der Waals surface area contributed by atoms with Crippen LogP contribution in [0, 0.1) is 0 Å². The minimum absolute atomic E-state index is 0.339. The van der Waals surface area contributed by atoms with Crippen LogP contribution in [0.15, 0.2) is 36.0 Å². The summed E-state index contributed by atoms with van der Waals surface area (Å²) in [5.74, 6) is 0.857. The second kappa shape index (κ2) is 6.25. The maximum atomic E-state index is 6.28. The molecule has 0 fully saturated rings. The van der Waals surface area contributed by atoms with E-state index in [9.17, 15) is 0 Å². The lowest BCUT2D eigenvalue weighted by Gasteiger charge is -2.30. The lowest BCUT2D eigenvalue weighted by molar-refractivity contribution is 0.541. The van der Waals surface area contributed by atoms with E-state index in [2.05, 4.69) is 4.98 Å². The Hall–Kier alpha value is -0.280. The number of nitrogens with zero attached hydrogens (tertiary/aromatic N) is 1. The molecule has 0 atom stereocenters. The third-order valence-electron chi connectivity index (χ3n) is 2.95. The van der Waals surface area contributed by atoms with Gasteiger partial charge in [0.05, 0.1) is 5.51 Å². The smallest absolute Gasteiger partial charge is 0.0794 e. The predicted octanol–water partition coefficient (Wildman–Crippen LogP) is 4.75. The van der Waals surface area contributed by atoms with Gasteiger partial charge in [0.1, 0.15) is 0 Å². The first kappa shape index (κ1) is 14.1. The second-order valence-electron chi connectivity index (χ2n) is 4.17. The lowest BCUT2D eigenvalue weighted by atomic mass is 9.80. The molecule has 0 aliphatic heterocycles. The van der Waals surface area contributed by atoms with Gasteiger partial charge in [-0.3, -0.25) is 4.98 Å². The molecule has 0 bridgehead atoms. The number of hydrogen-bond acceptors (Lipinski definition) is 2. The van der Waals surface area contributed by atoms with Crippen LogP contribution in [0.25, 0.3) is 0 Å². The van der Waals surface area contributed by atoms with Gasteiger partial charge in [0.15, 0.2) is 0 Å². The third kappa shape index (κ3) is 2.83. The Morgan fingerprint density at radius 2 is 1.89 bits per heavy atom. The molecule has 0 radical (unpaired) electrons. The fourth-order valence-electron chi connectivity index (χ4n) is 1.92. The highest BCUT2D eigenvalue weighted by Crippen LogP contribution is 2.36. The van der Waals surface area contributed by atoms with E-state index in [1.165, 1.54) is 0 Å². The summed E-state index contributed by atoms with van der Waals surface area (Å²) in [5.41, 5.74) is 2.48. The van der Waals surface area contributed by atoms with Crippen molar-refractivity contribution in [2.45, 2.75) is 11.8 Å². The molecule has 1 aromatic carbocycles. The molecule has 0 N–H and O–H groups in total. The highest BCUT2D eigenvalue weighted by molar-refractivity contribution is 7.09. The van der Waals surface area contributed by atoms with E-state index in [0.29, 0.717) is 16.8 Å². The lowest BCUT2D eigenvalue weighted by Crippen LogP contribution is -2.33. The summed E-state index contributed by atoms with van der Waals surface area (Å²) in [4.78, 5) is 5.25. The highest BCUT2D eigenvalue weighted by Gasteiger charge is 2.33. The maximum absolute atomic E-state index is 6.28. The molecule has 1 nitrogen and oxygen atoms in total. The molecule has 2 rings (SSSR count). The van der Waals surface area contributed by atoms with Gasteiger partial charge in [-0.1, -0.05) is 29.8 Å². The van der Waals surface area contributed by atoms with Gasteiger partial charge in [-0.2, -0.15) is 0 Å². The molecule has 5 heteroatoms. The Labute approximate surface area is 126 Å². The topological polar surface area (TPSA) is 12.9 Å². The largest absolute Gasteiger partial charge is 0.253 e. The van der Waals surface area contributed by atoms with Crippen molar-refractivity contribution in [2.24, 2.45) is 0 Å². The summed E-state index contributed by atoms with van der Waals surface area (Å²) in [7, 11) is 0. The van der Waals surface area contributed by atoms with Crippen LogP contribution < -0.4 is 0 Å². The summed E-state index contributed by atoms with van der Waals surface area (Å²) in [5, 5.41) is 0.711. The van der Waals surface area contributed by atoms with Gasteiger partial charge in [-0.15, -0.1) is 34.5 Å². The third-order valence-corrected chi connectivity index (χ3v) is 5.09. The number of aromatic nitrogens is 1. The first-order chi connectivity index (χ1) is 8.72. The fourth-order valence-corrected chi connectivity index (χ4v) is 3.76. The van der Waals surface area contributed by atoms with Gasteiger partial charge >= 0.3 is 0 Å².